The van der Waals surface area contributed by atoms with E-state index in [9.17, 15) is 30.0 Å². The van der Waals surface area contributed by atoms with Crippen LogP contribution in [0.2, 0.25) is 0 Å². The van der Waals surface area contributed by atoms with Gasteiger partial charge in [-0.2, -0.15) is 0 Å². The van der Waals surface area contributed by atoms with Crippen molar-refractivity contribution in [3.8, 4) is 5.75 Å². The van der Waals surface area contributed by atoms with Gasteiger partial charge in [-0.25, -0.2) is 4.79 Å². The van der Waals surface area contributed by atoms with Crippen LogP contribution < -0.4 is 10.1 Å². The number of carbonyl (C=O) groups is 2. The van der Waals surface area contributed by atoms with E-state index in [-0.39, 0.29) is 5.75 Å². The standard InChI is InChI=1S/C17H23NO9/c1-9(20)18-13-11(21)7-17(16(24)25,26-10-5-3-2-4-6-10)27-15(13)14(23)12(22)8-19/h2-6,11-15,19,21-23H,7-8H2,1H3,(H,18,20)(H,24,25)/t11-,12+,13-,14-,15+,17-/m1/s1. The van der Waals surface area contributed by atoms with Crippen LogP contribution in [0.4, 0.5) is 0 Å². The Morgan fingerprint density at radius 2 is 1.96 bits per heavy atom. The molecule has 1 saturated heterocycles. The zero-order valence-electron chi connectivity index (χ0n) is 14.6. The van der Waals surface area contributed by atoms with Crippen LogP contribution in [0.5, 0.6) is 5.75 Å². The van der Waals surface area contributed by atoms with Gasteiger partial charge >= 0.3 is 11.8 Å². The highest BCUT2D eigenvalue weighted by Gasteiger charge is 2.56. The Morgan fingerprint density at radius 1 is 1.33 bits per heavy atom. The van der Waals surface area contributed by atoms with Crippen LogP contribution in [0.25, 0.3) is 0 Å². The number of aliphatic hydroxyl groups is 4. The Bertz CT molecular complexity index is 655. The van der Waals surface area contributed by atoms with E-state index in [1.165, 1.54) is 12.1 Å². The van der Waals surface area contributed by atoms with Crippen LogP contribution in [0.15, 0.2) is 30.3 Å². The first-order chi connectivity index (χ1) is 12.7. The predicted molar refractivity (Wildman–Crippen MR) is 89.6 cm³/mol. The van der Waals surface area contributed by atoms with Crippen LogP contribution in [-0.4, -0.2) is 80.3 Å². The van der Waals surface area contributed by atoms with Crippen molar-refractivity contribution in [2.75, 3.05) is 6.61 Å². The maximum absolute atomic E-state index is 11.9. The molecule has 6 N–H and O–H groups in total. The molecule has 0 radical (unpaired) electrons. The Kier molecular flexibility index (Phi) is 6.73. The van der Waals surface area contributed by atoms with Gasteiger partial charge < -0.3 is 40.3 Å². The summed E-state index contributed by atoms with van der Waals surface area (Å²) in [5, 5.41) is 51.6. The SMILES string of the molecule is CC(=O)N[C@H]1[C@@H]([C@H](O)[C@@H](O)CO)O[C@@](Oc2ccccc2)(C(=O)O)C[C@H]1O. The second kappa shape index (κ2) is 8.63. The fraction of sp³-hybridized carbons (Fsp3) is 0.529. The molecule has 0 aromatic heterocycles. The molecular formula is C17H23NO9. The molecule has 0 aliphatic carbocycles. The molecule has 1 aliphatic heterocycles. The molecule has 27 heavy (non-hydrogen) atoms. The number of hydrogen-bond donors (Lipinski definition) is 6. The van der Waals surface area contributed by atoms with Crippen LogP contribution >= 0.6 is 0 Å². The average Bonchev–Trinajstić information content (AvgIpc) is 2.62. The fourth-order valence-electron chi connectivity index (χ4n) is 2.91. The summed E-state index contributed by atoms with van der Waals surface area (Å²) in [7, 11) is 0. The summed E-state index contributed by atoms with van der Waals surface area (Å²) < 4.78 is 11.0. The van der Waals surface area contributed by atoms with Gasteiger partial charge in [0.25, 0.3) is 0 Å². The molecule has 1 heterocycles. The van der Waals surface area contributed by atoms with E-state index < -0.39 is 61.1 Å². The zero-order valence-corrected chi connectivity index (χ0v) is 14.6. The van der Waals surface area contributed by atoms with E-state index in [4.69, 9.17) is 14.6 Å². The second-order valence-corrected chi connectivity index (χ2v) is 6.29. The van der Waals surface area contributed by atoms with E-state index in [0.29, 0.717) is 0 Å². The smallest absolute Gasteiger partial charge is 0.377 e. The number of carbonyl (C=O) groups excluding carboxylic acids is 1. The van der Waals surface area contributed by atoms with Gasteiger partial charge in [-0.3, -0.25) is 4.79 Å². The van der Waals surface area contributed by atoms with Gasteiger partial charge in [0.15, 0.2) is 0 Å². The monoisotopic (exact) mass is 385 g/mol. The van der Waals surface area contributed by atoms with Crippen molar-refractivity contribution >= 4 is 11.9 Å². The number of ether oxygens (including phenoxy) is 2. The van der Waals surface area contributed by atoms with Crippen molar-refractivity contribution in [1.82, 2.24) is 5.32 Å². The summed E-state index contributed by atoms with van der Waals surface area (Å²) in [6, 6.07) is 6.62. The number of carboxylic acid groups (broad SMARTS) is 1. The molecule has 1 aliphatic rings. The summed E-state index contributed by atoms with van der Waals surface area (Å²) in [6.07, 6.45) is -7.10. The number of amides is 1. The molecule has 6 atom stereocenters. The lowest BCUT2D eigenvalue weighted by atomic mass is 9.88. The Labute approximate surface area is 155 Å². The summed E-state index contributed by atoms with van der Waals surface area (Å²) in [5.41, 5.74) is 0. The predicted octanol–water partition coefficient (Wildman–Crippen LogP) is -1.79. The van der Waals surface area contributed by atoms with Gasteiger partial charge in [-0.15, -0.1) is 0 Å². The van der Waals surface area contributed by atoms with Crippen molar-refractivity contribution in [3.63, 3.8) is 0 Å². The van der Waals surface area contributed by atoms with E-state index in [1.54, 1.807) is 18.2 Å². The van der Waals surface area contributed by atoms with Crippen LogP contribution in [0.1, 0.15) is 13.3 Å². The van der Waals surface area contributed by atoms with Gasteiger partial charge in [0.05, 0.1) is 25.2 Å². The Balaban J connectivity index is 2.39. The number of para-hydroxylation sites is 1. The summed E-state index contributed by atoms with van der Waals surface area (Å²) in [5.74, 6) is -4.37. The highest BCUT2D eigenvalue weighted by Crippen LogP contribution is 2.34. The van der Waals surface area contributed by atoms with E-state index in [0.717, 1.165) is 6.92 Å². The second-order valence-electron chi connectivity index (χ2n) is 6.29. The van der Waals surface area contributed by atoms with Crippen LogP contribution in [0, 0.1) is 0 Å². The first-order valence-electron chi connectivity index (χ1n) is 8.27. The number of hydrogen-bond acceptors (Lipinski definition) is 8. The molecule has 0 unspecified atom stereocenters. The molecule has 0 spiro atoms. The number of aliphatic hydroxyl groups excluding tert-OH is 4. The normalized spacial score (nSPS) is 30.2. The zero-order chi connectivity index (χ0) is 20.2. The van der Waals surface area contributed by atoms with Crippen molar-refractivity contribution in [3.05, 3.63) is 30.3 Å². The highest BCUT2D eigenvalue weighted by molar-refractivity contribution is 5.77. The maximum Gasteiger partial charge on any atom is 0.377 e. The Hall–Kier alpha value is -2.24. The fourth-order valence-corrected chi connectivity index (χ4v) is 2.91. The van der Waals surface area contributed by atoms with Crippen LogP contribution in [0.3, 0.4) is 0 Å². The van der Waals surface area contributed by atoms with Gasteiger partial charge in [-0.1, -0.05) is 18.2 Å². The minimum atomic E-state index is -2.38. The lowest BCUT2D eigenvalue weighted by Crippen LogP contribution is -2.68. The molecule has 1 fully saturated rings. The summed E-state index contributed by atoms with van der Waals surface area (Å²) in [6.45, 7) is 0.321. The summed E-state index contributed by atoms with van der Waals surface area (Å²) in [4.78, 5) is 23.4. The number of benzene rings is 1. The lowest BCUT2D eigenvalue weighted by molar-refractivity contribution is -0.284. The minimum absolute atomic E-state index is 0.140. The van der Waals surface area contributed by atoms with Gasteiger partial charge in [0.2, 0.25) is 5.91 Å². The molecule has 2 rings (SSSR count). The third-order valence-corrected chi connectivity index (χ3v) is 4.21. The third kappa shape index (κ3) is 4.73. The first kappa shape index (κ1) is 21.1. The molecular weight excluding hydrogens is 362 g/mol. The highest BCUT2D eigenvalue weighted by atomic mass is 16.7. The Morgan fingerprint density at radius 3 is 2.48 bits per heavy atom. The largest absolute Gasteiger partial charge is 0.476 e. The molecule has 1 amide bonds. The molecule has 0 saturated carbocycles. The molecule has 1 aromatic carbocycles. The maximum atomic E-state index is 11.9. The third-order valence-electron chi connectivity index (χ3n) is 4.21. The first-order valence-corrected chi connectivity index (χ1v) is 8.27. The van der Waals surface area contributed by atoms with Crippen LogP contribution in [-0.2, 0) is 14.3 Å². The number of rotatable bonds is 7. The van der Waals surface area contributed by atoms with E-state index in [1.807, 2.05) is 0 Å². The molecule has 10 nitrogen and oxygen atoms in total. The van der Waals surface area contributed by atoms with Gasteiger partial charge in [-0.05, 0) is 12.1 Å². The number of aliphatic carboxylic acids is 1. The van der Waals surface area contributed by atoms with E-state index in [2.05, 4.69) is 5.32 Å². The van der Waals surface area contributed by atoms with Crippen molar-refractivity contribution in [2.24, 2.45) is 0 Å². The van der Waals surface area contributed by atoms with Crippen molar-refractivity contribution in [2.45, 2.75) is 49.6 Å². The molecule has 150 valence electrons. The van der Waals surface area contributed by atoms with Crippen molar-refractivity contribution in [1.29, 1.82) is 0 Å². The number of nitrogens with one attached hydrogen (secondary N) is 1. The van der Waals surface area contributed by atoms with Gasteiger partial charge in [0.1, 0.15) is 24.1 Å². The molecule has 1 aromatic rings. The topological polar surface area (TPSA) is 166 Å². The average molecular weight is 385 g/mol. The lowest BCUT2D eigenvalue weighted by Gasteiger charge is -2.46. The van der Waals surface area contributed by atoms with Gasteiger partial charge in [0, 0.05) is 6.92 Å². The summed E-state index contributed by atoms with van der Waals surface area (Å²) >= 11 is 0. The minimum Gasteiger partial charge on any atom is -0.476 e. The van der Waals surface area contributed by atoms with Crippen molar-refractivity contribution < 1.29 is 44.6 Å². The molecule has 0 bridgehead atoms. The molecule has 10 heteroatoms. The number of carboxylic acids is 1. The quantitative estimate of drug-likeness (QED) is 0.318. The van der Waals surface area contributed by atoms with E-state index >= 15 is 0 Å².